The standard InChI is InChI=1S/C22H18N6O/c1-14-6-7-15(17-4-2-3-5-18(17)21(23)29)10-20(14)28-22-26-9-8-19(27-22)16-11-24-13-25-12-16/h2-13H,1H3,(H2,23,29)(H,26,27,28). The van der Waals surface area contributed by atoms with Crippen molar-refractivity contribution in [3.63, 3.8) is 0 Å². The Labute approximate surface area is 167 Å². The average Bonchev–Trinajstić information content (AvgIpc) is 2.76. The molecule has 0 atom stereocenters. The topological polar surface area (TPSA) is 107 Å². The number of primary amides is 1. The third-order valence-corrected chi connectivity index (χ3v) is 4.50. The zero-order chi connectivity index (χ0) is 20.2. The Hall–Kier alpha value is -4.13. The summed E-state index contributed by atoms with van der Waals surface area (Å²) in [6.45, 7) is 1.99. The summed E-state index contributed by atoms with van der Waals surface area (Å²) in [5.74, 6) is -0.00779. The van der Waals surface area contributed by atoms with E-state index in [9.17, 15) is 4.79 Å². The molecular formula is C22H18N6O. The summed E-state index contributed by atoms with van der Waals surface area (Å²) in [6.07, 6.45) is 6.55. The van der Waals surface area contributed by atoms with Gasteiger partial charge in [0, 0.05) is 35.4 Å². The molecule has 0 saturated heterocycles. The molecule has 0 spiro atoms. The lowest BCUT2D eigenvalue weighted by atomic mass is 9.97. The Kier molecular flexibility index (Phi) is 4.94. The number of hydrogen-bond acceptors (Lipinski definition) is 6. The fourth-order valence-electron chi connectivity index (χ4n) is 3.01. The Morgan fingerprint density at radius 2 is 1.79 bits per heavy atom. The van der Waals surface area contributed by atoms with Gasteiger partial charge in [0.15, 0.2) is 0 Å². The van der Waals surface area contributed by atoms with Gasteiger partial charge in [0.1, 0.15) is 6.33 Å². The van der Waals surface area contributed by atoms with E-state index in [-0.39, 0.29) is 0 Å². The molecule has 29 heavy (non-hydrogen) atoms. The first-order valence-electron chi connectivity index (χ1n) is 8.97. The first-order valence-corrected chi connectivity index (χ1v) is 8.97. The number of aromatic nitrogens is 4. The second-order valence-electron chi connectivity index (χ2n) is 6.46. The van der Waals surface area contributed by atoms with Crippen molar-refractivity contribution in [2.75, 3.05) is 5.32 Å². The Morgan fingerprint density at radius 1 is 1.00 bits per heavy atom. The summed E-state index contributed by atoms with van der Waals surface area (Å²) in [7, 11) is 0. The minimum absolute atomic E-state index is 0.454. The summed E-state index contributed by atoms with van der Waals surface area (Å²) in [5, 5.41) is 3.26. The second kappa shape index (κ2) is 7.85. The molecule has 2 aromatic carbocycles. The van der Waals surface area contributed by atoms with Crippen molar-refractivity contribution < 1.29 is 4.79 Å². The molecule has 2 aromatic heterocycles. The number of benzene rings is 2. The maximum absolute atomic E-state index is 11.8. The van der Waals surface area contributed by atoms with Gasteiger partial charge in [-0.25, -0.2) is 19.9 Å². The van der Waals surface area contributed by atoms with Crippen LogP contribution in [-0.4, -0.2) is 25.8 Å². The molecule has 7 nitrogen and oxygen atoms in total. The maximum Gasteiger partial charge on any atom is 0.249 e. The minimum Gasteiger partial charge on any atom is -0.366 e. The van der Waals surface area contributed by atoms with E-state index in [1.807, 2.05) is 37.3 Å². The molecule has 4 aromatic rings. The Morgan fingerprint density at radius 3 is 2.59 bits per heavy atom. The SMILES string of the molecule is Cc1ccc(-c2ccccc2C(N)=O)cc1Nc1nccc(-c2cncnc2)n1. The number of nitrogens with one attached hydrogen (secondary N) is 1. The number of hydrogen-bond donors (Lipinski definition) is 2. The Balaban J connectivity index is 1.69. The Bertz CT molecular complexity index is 1180. The van der Waals surface area contributed by atoms with Crippen LogP contribution in [0.2, 0.25) is 0 Å². The van der Waals surface area contributed by atoms with Crippen LogP contribution in [0.15, 0.2) is 73.4 Å². The number of nitrogens with two attached hydrogens (primary N) is 1. The van der Waals surface area contributed by atoms with Gasteiger partial charge in [0.25, 0.3) is 0 Å². The van der Waals surface area contributed by atoms with Gasteiger partial charge in [-0.3, -0.25) is 4.79 Å². The first-order chi connectivity index (χ1) is 14.1. The minimum atomic E-state index is -0.461. The molecule has 0 radical (unpaired) electrons. The number of anilines is 2. The molecule has 0 saturated carbocycles. The van der Waals surface area contributed by atoms with E-state index in [0.717, 1.165) is 33.6 Å². The zero-order valence-electron chi connectivity index (χ0n) is 15.7. The van der Waals surface area contributed by atoms with E-state index in [2.05, 4.69) is 25.3 Å². The molecule has 0 aliphatic rings. The van der Waals surface area contributed by atoms with Gasteiger partial charge in [-0.1, -0.05) is 30.3 Å². The van der Waals surface area contributed by atoms with Crippen LogP contribution in [0.25, 0.3) is 22.4 Å². The van der Waals surface area contributed by atoms with Crippen molar-refractivity contribution in [2.45, 2.75) is 6.92 Å². The summed E-state index contributed by atoms with van der Waals surface area (Å²) < 4.78 is 0. The lowest BCUT2D eigenvalue weighted by molar-refractivity contribution is 0.100. The van der Waals surface area contributed by atoms with Crippen LogP contribution in [0.5, 0.6) is 0 Å². The third kappa shape index (κ3) is 3.93. The third-order valence-electron chi connectivity index (χ3n) is 4.50. The van der Waals surface area contributed by atoms with Gasteiger partial charge < -0.3 is 11.1 Å². The van der Waals surface area contributed by atoms with Gasteiger partial charge in [0.2, 0.25) is 11.9 Å². The van der Waals surface area contributed by atoms with Crippen molar-refractivity contribution in [3.8, 4) is 22.4 Å². The molecule has 3 N–H and O–H groups in total. The quantitative estimate of drug-likeness (QED) is 0.544. The zero-order valence-corrected chi connectivity index (χ0v) is 15.7. The lowest BCUT2D eigenvalue weighted by Gasteiger charge is -2.13. The van der Waals surface area contributed by atoms with E-state index < -0.39 is 5.91 Å². The number of carbonyl (C=O) groups excluding carboxylic acids is 1. The smallest absolute Gasteiger partial charge is 0.249 e. The first kappa shape index (κ1) is 18.2. The van der Waals surface area contributed by atoms with Gasteiger partial charge >= 0.3 is 0 Å². The van der Waals surface area contributed by atoms with Crippen LogP contribution in [0, 0.1) is 6.92 Å². The number of aryl methyl sites for hydroxylation is 1. The van der Waals surface area contributed by atoms with Crippen LogP contribution in [0.4, 0.5) is 11.6 Å². The van der Waals surface area contributed by atoms with Crippen molar-refractivity contribution in [1.29, 1.82) is 0 Å². The molecular weight excluding hydrogens is 364 g/mol. The molecule has 7 heteroatoms. The summed E-state index contributed by atoms with van der Waals surface area (Å²) in [6, 6.07) is 15.0. The highest BCUT2D eigenvalue weighted by Crippen LogP contribution is 2.29. The van der Waals surface area contributed by atoms with E-state index in [1.165, 1.54) is 6.33 Å². The predicted molar refractivity (Wildman–Crippen MR) is 111 cm³/mol. The van der Waals surface area contributed by atoms with E-state index in [0.29, 0.717) is 11.5 Å². The van der Waals surface area contributed by atoms with E-state index in [4.69, 9.17) is 5.73 Å². The number of nitrogens with zero attached hydrogens (tertiary/aromatic N) is 4. The highest BCUT2D eigenvalue weighted by molar-refractivity contribution is 6.00. The summed E-state index contributed by atoms with van der Waals surface area (Å²) in [5.41, 5.74) is 11.0. The van der Waals surface area contributed by atoms with Crippen LogP contribution in [0.1, 0.15) is 15.9 Å². The predicted octanol–water partition coefficient (Wildman–Crippen LogP) is 3.75. The van der Waals surface area contributed by atoms with Crippen molar-refractivity contribution >= 4 is 17.5 Å². The molecule has 0 fully saturated rings. The summed E-state index contributed by atoms with van der Waals surface area (Å²) in [4.78, 5) is 28.7. The van der Waals surface area contributed by atoms with Gasteiger partial charge in [-0.15, -0.1) is 0 Å². The van der Waals surface area contributed by atoms with Gasteiger partial charge in [-0.2, -0.15) is 0 Å². The van der Waals surface area contributed by atoms with Crippen LogP contribution in [0.3, 0.4) is 0 Å². The average molecular weight is 382 g/mol. The number of amides is 1. The second-order valence-corrected chi connectivity index (χ2v) is 6.46. The molecule has 142 valence electrons. The van der Waals surface area contributed by atoms with Crippen LogP contribution >= 0.6 is 0 Å². The van der Waals surface area contributed by atoms with Gasteiger partial charge in [-0.05, 0) is 41.8 Å². The van der Waals surface area contributed by atoms with Crippen molar-refractivity contribution in [2.24, 2.45) is 5.73 Å². The van der Waals surface area contributed by atoms with Crippen LogP contribution < -0.4 is 11.1 Å². The fraction of sp³-hybridized carbons (Fsp3) is 0.0455. The van der Waals surface area contributed by atoms with E-state index >= 15 is 0 Å². The van der Waals surface area contributed by atoms with Crippen molar-refractivity contribution in [1.82, 2.24) is 19.9 Å². The highest BCUT2D eigenvalue weighted by atomic mass is 16.1. The maximum atomic E-state index is 11.8. The molecule has 0 aliphatic carbocycles. The molecule has 0 unspecified atom stereocenters. The number of rotatable bonds is 5. The lowest BCUT2D eigenvalue weighted by Crippen LogP contribution is -2.12. The molecule has 1 amide bonds. The molecule has 0 aliphatic heterocycles. The summed E-state index contributed by atoms with van der Waals surface area (Å²) >= 11 is 0. The fourth-order valence-corrected chi connectivity index (χ4v) is 3.01. The largest absolute Gasteiger partial charge is 0.366 e. The van der Waals surface area contributed by atoms with E-state index in [1.54, 1.807) is 36.8 Å². The van der Waals surface area contributed by atoms with Gasteiger partial charge in [0.05, 0.1) is 5.69 Å². The number of carbonyl (C=O) groups is 1. The molecule has 0 bridgehead atoms. The molecule has 4 rings (SSSR count). The monoisotopic (exact) mass is 382 g/mol. The van der Waals surface area contributed by atoms with Crippen LogP contribution in [-0.2, 0) is 0 Å². The highest BCUT2D eigenvalue weighted by Gasteiger charge is 2.11. The van der Waals surface area contributed by atoms with Crippen molar-refractivity contribution in [3.05, 3.63) is 84.6 Å². The normalized spacial score (nSPS) is 10.5. The molecule has 2 heterocycles.